The second kappa shape index (κ2) is 5.46. The lowest BCUT2D eigenvalue weighted by Crippen LogP contribution is -2.27. The van der Waals surface area contributed by atoms with Gasteiger partial charge in [-0.1, -0.05) is 5.21 Å². The predicted octanol–water partition coefficient (Wildman–Crippen LogP) is -0.0454. The molecule has 0 aromatic carbocycles. The summed E-state index contributed by atoms with van der Waals surface area (Å²) in [5, 5.41) is 10.3. The van der Waals surface area contributed by atoms with Crippen molar-refractivity contribution in [2.24, 2.45) is 5.73 Å². The summed E-state index contributed by atoms with van der Waals surface area (Å²) in [5.41, 5.74) is 6.06. The number of aromatic nitrogens is 3. The molecule has 0 aliphatic carbocycles. The molecule has 0 aliphatic rings. The van der Waals surface area contributed by atoms with Crippen LogP contribution >= 0.6 is 0 Å². The molecule has 96 valence electrons. The highest BCUT2D eigenvalue weighted by Crippen LogP contribution is 2.05. The van der Waals surface area contributed by atoms with Crippen molar-refractivity contribution in [2.75, 3.05) is 0 Å². The fourth-order valence-electron chi connectivity index (χ4n) is 1.48. The number of nitrogens with one attached hydrogen (secondary N) is 1. The summed E-state index contributed by atoms with van der Waals surface area (Å²) in [7, 11) is 0. The summed E-state index contributed by atoms with van der Waals surface area (Å²) in [6, 6.07) is 3.68. The molecular weight excluding hydrogens is 234 g/mol. The number of hydrogen-bond donors (Lipinski definition) is 2. The number of carbonyl (C=O) groups is 1. The van der Waals surface area contributed by atoms with Gasteiger partial charge >= 0.3 is 0 Å². The first-order valence-electron chi connectivity index (χ1n) is 5.58. The number of rotatable bonds is 5. The lowest BCUT2D eigenvalue weighted by molar-refractivity contribution is -0.122. The molecule has 2 heterocycles. The maximum atomic E-state index is 11.6. The molecule has 2 aromatic heterocycles. The Morgan fingerprint density at radius 1 is 1.56 bits per heavy atom. The first-order valence-corrected chi connectivity index (χ1v) is 5.58. The molecule has 3 N–H and O–H groups in total. The molecule has 0 saturated carbocycles. The highest BCUT2D eigenvalue weighted by molar-refractivity contribution is 5.75. The molecule has 0 saturated heterocycles. The molecule has 18 heavy (non-hydrogen) atoms. The van der Waals surface area contributed by atoms with E-state index in [-0.39, 0.29) is 12.5 Å². The maximum absolute atomic E-state index is 11.6. The van der Waals surface area contributed by atoms with Gasteiger partial charge in [0, 0.05) is 6.54 Å². The molecule has 0 spiro atoms. The van der Waals surface area contributed by atoms with E-state index < -0.39 is 0 Å². The summed E-state index contributed by atoms with van der Waals surface area (Å²) in [4.78, 5) is 11.6. The molecule has 7 heteroatoms. The van der Waals surface area contributed by atoms with Crippen LogP contribution < -0.4 is 11.1 Å². The molecular formula is C11H15N5O2. The molecule has 0 fully saturated rings. The number of hydrogen-bond acceptors (Lipinski definition) is 5. The Balaban J connectivity index is 1.81. The summed E-state index contributed by atoms with van der Waals surface area (Å²) in [6.07, 6.45) is 1.65. The van der Waals surface area contributed by atoms with E-state index in [1.54, 1.807) is 6.20 Å². The third-order valence-corrected chi connectivity index (χ3v) is 2.36. The monoisotopic (exact) mass is 249 g/mol. The van der Waals surface area contributed by atoms with Crippen LogP contribution in [0.3, 0.4) is 0 Å². The van der Waals surface area contributed by atoms with Crippen molar-refractivity contribution in [1.29, 1.82) is 0 Å². The number of furan rings is 1. The quantitative estimate of drug-likeness (QED) is 0.774. The first kappa shape index (κ1) is 12.3. The number of carbonyl (C=O) groups excluding carboxylic acids is 1. The normalized spacial score (nSPS) is 10.6. The fourth-order valence-corrected chi connectivity index (χ4v) is 1.48. The van der Waals surface area contributed by atoms with Crippen LogP contribution in [0.5, 0.6) is 0 Å². The third kappa shape index (κ3) is 3.17. The number of amides is 1. The minimum Gasteiger partial charge on any atom is -0.465 e. The number of aryl methyl sites for hydroxylation is 1. The molecule has 0 radical (unpaired) electrons. The van der Waals surface area contributed by atoms with E-state index in [1.807, 2.05) is 19.1 Å². The maximum Gasteiger partial charge on any atom is 0.242 e. The molecule has 7 nitrogen and oxygen atoms in total. The van der Waals surface area contributed by atoms with E-state index in [2.05, 4.69) is 15.6 Å². The molecule has 0 atom stereocenters. The van der Waals surface area contributed by atoms with E-state index in [0.29, 0.717) is 18.8 Å². The Hall–Kier alpha value is -2.15. The van der Waals surface area contributed by atoms with Crippen LogP contribution in [0, 0.1) is 6.92 Å². The molecule has 2 aromatic rings. The zero-order chi connectivity index (χ0) is 13.0. The van der Waals surface area contributed by atoms with Crippen molar-refractivity contribution >= 4 is 5.91 Å². The van der Waals surface area contributed by atoms with E-state index >= 15 is 0 Å². The van der Waals surface area contributed by atoms with Gasteiger partial charge in [-0.3, -0.25) is 4.79 Å². The summed E-state index contributed by atoms with van der Waals surface area (Å²) in [6.45, 7) is 2.65. The Morgan fingerprint density at radius 3 is 3.00 bits per heavy atom. The number of nitrogens with zero attached hydrogens (tertiary/aromatic N) is 3. The predicted molar refractivity (Wildman–Crippen MR) is 63.2 cm³/mol. The van der Waals surface area contributed by atoms with Crippen molar-refractivity contribution in [3.05, 3.63) is 35.5 Å². The van der Waals surface area contributed by atoms with Gasteiger partial charge in [0.05, 0.1) is 18.4 Å². The topological polar surface area (TPSA) is 99.0 Å². The summed E-state index contributed by atoms with van der Waals surface area (Å²) >= 11 is 0. The lowest BCUT2D eigenvalue weighted by atomic mass is 10.4. The summed E-state index contributed by atoms with van der Waals surface area (Å²) in [5.74, 6) is 1.39. The van der Waals surface area contributed by atoms with Crippen molar-refractivity contribution in [1.82, 2.24) is 20.3 Å². The van der Waals surface area contributed by atoms with Gasteiger partial charge in [-0.05, 0) is 19.1 Å². The van der Waals surface area contributed by atoms with E-state index in [9.17, 15) is 4.79 Å². The van der Waals surface area contributed by atoms with Crippen LogP contribution in [0.1, 0.15) is 17.2 Å². The molecule has 0 aliphatic heterocycles. The lowest BCUT2D eigenvalue weighted by Gasteiger charge is -2.02. The molecule has 0 bridgehead atoms. The van der Waals surface area contributed by atoms with Crippen LogP contribution in [0.4, 0.5) is 0 Å². The minimum absolute atomic E-state index is 0.118. The Labute approximate surface area is 104 Å². The summed E-state index contributed by atoms with van der Waals surface area (Å²) < 4.78 is 6.79. The van der Waals surface area contributed by atoms with Gasteiger partial charge in [-0.15, -0.1) is 5.10 Å². The number of nitrogens with two attached hydrogens (primary N) is 1. The van der Waals surface area contributed by atoms with Crippen LogP contribution in [0.15, 0.2) is 22.7 Å². The van der Waals surface area contributed by atoms with Gasteiger partial charge in [0.15, 0.2) is 0 Å². The first-order chi connectivity index (χ1) is 8.67. The Bertz CT molecular complexity index is 531. The van der Waals surface area contributed by atoms with E-state index in [0.717, 1.165) is 11.5 Å². The van der Waals surface area contributed by atoms with Gasteiger partial charge in [0.1, 0.15) is 18.1 Å². The standard InChI is InChI=1S/C11H15N5O2/c1-8-2-3-10(18-8)5-13-11(17)7-16-6-9(4-12)14-15-16/h2-3,6H,4-5,7,12H2,1H3,(H,13,17). The SMILES string of the molecule is Cc1ccc(CNC(=O)Cn2cc(CN)nn2)o1. The van der Waals surface area contributed by atoms with Crippen LogP contribution in [-0.4, -0.2) is 20.9 Å². The Morgan fingerprint density at radius 2 is 2.39 bits per heavy atom. The van der Waals surface area contributed by atoms with Gasteiger partial charge in [-0.2, -0.15) is 0 Å². The average Bonchev–Trinajstić information content (AvgIpc) is 2.95. The van der Waals surface area contributed by atoms with E-state index in [1.165, 1.54) is 4.68 Å². The van der Waals surface area contributed by atoms with Crippen molar-refractivity contribution in [2.45, 2.75) is 26.6 Å². The van der Waals surface area contributed by atoms with Crippen LogP contribution in [0.2, 0.25) is 0 Å². The molecule has 2 rings (SSSR count). The third-order valence-electron chi connectivity index (χ3n) is 2.36. The zero-order valence-electron chi connectivity index (χ0n) is 10.1. The highest BCUT2D eigenvalue weighted by Gasteiger charge is 2.06. The van der Waals surface area contributed by atoms with Crippen molar-refractivity contribution in [3.63, 3.8) is 0 Å². The largest absolute Gasteiger partial charge is 0.465 e. The Kier molecular flexibility index (Phi) is 3.73. The van der Waals surface area contributed by atoms with Gasteiger partial charge in [0.25, 0.3) is 0 Å². The second-order valence-electron chi connectivity index (χ2n) is 3.90. The van der Waals surface area contributed by atoms with E-state index in [4.69, 9.17) is 10.2 Å². The van der Waals surface area contributed by atoms with Crippen LogP contribution in [-0.2, 0) is 24.4 Å². The smallest absolute Gasteiger partial charge is 0.242 e. The second-order valence-corrected chi connectivity index (χ2v) is 3.90. The van der Waals surface area contributed by atoms with Gasteiger partial charge in [-0.25, -0.2) is 4.68 Å². The molecule has 1 amide bonds. The average molecular weight is 249 g/mol. The zero-order valence-corrected chi connectivity index (χ0v) is 10.1. The van der Waals surface area contributed by atoms with Crippen molar-refractivity contribution in [3.8, 4) is 0 Å². The van der Waals surface area contributed by atoms with Gasteiger partial charge < -0.3 is 15.5 Å². The highest BCUT2D eigenvalue weighted by atomic mass is 16.3. The van der Waals surface area contributed by atoms with Crippen molar-refractivity contribution < 1.29 is 9.21 Å². The fraction of sp³-hybridized carbons (Fsp3) is 0.364. The van der Waals surface area contributed by atoms with Gasteiger partial charge in [0.2, 0.25) is 5.91 Å². The molecule has 0 unspecified atom stereocenters. The van der Waals surface area contributed by atoms with Crippen LogP contribution in [0.25, 0.3) is 0 Å². The minimum atomic E-state index is -0.155.